The van der Waals surface area contributed by atoms with Crippen molar-refractivity contribution >= 4 is 17.8 Å². The summed E-state index contributed by atoms with van der Waals surface area (Å²) in [5, 5.41) is 18.7. The van der Waals surface area contributed by atoms with Crippen LogP contribution in [0.1, 0.15) is 38.2 Å². The number of para-hydroxylation sites is 1. The molecule has 2 aromatic carbocycles. The average molecular weight is 440 g/mol. The maximum atomic E-state index is 13.2. The Kier molecular flexibility index (Phi) is 7.87. The number of aliphatic carboxylic acids is 2. The summed E-state index contributed by atoms with van der Waals surface area (Å²) >= 11 is 0. The monoisotopic (exact) mass is 439 g/mol. The molecule has 2 N–H and O–H groups in total. The number of hydrogen-bond acceptors (Lipinski definition) is 4. The van der Waals surface area contributed by atoms with Crippen molar-refractivity contribution < 1.29 is 29.3 Å². The Morgan fingerprint density at radius 3 is 2.16 bits per heavy atom. The largest absolute Gasteiger partial charge is 0.481 e. The van der Waals surface area contributed by atoms with E-state index in [2.05, 4.69) is 6.92 Å². The van der Waals surface area contributed by atoms with E-state index in [1.807, 2.05) is 54.6 Å². The van der Waals surface area contributed by atoms with E-state index in [0.717, 1.165) is 30.6 Å². The number of carbonyl (C=O) groups excluding carboxylic acids is 1. The summed E-state index contributed by atoms with van der Waals surface area (Å²) in [4.78, 5) is 37.7. The number of carbonyl (C=O) groups is 3. The minimum absolute atomic E-state index is 0.0687. The van der Waals surface area contributed by atoms with Crippen LogP contribution in [-0.2, 0) is 20.9 Å². The van der Waals surface area contributed by atoms with Crippen molar-refractivity contribution in [3.8, 4) is 11.5 Å². The standard InChI is InChI=1S/C25H29NO6/c1-2-3-7-14-26(23(27)20-15-21(24(28)29)22(20)25(30)31)16-17-10-12-19(13-11-17)32-18-8-5-4-6-9-18/h4-6,8-13,20-22H,2-3,7,14-16H2,1H3,(H,28,29)(H,30,31). The highest BCUT2D eigenvalue weighted by atomic mass is 16.5. The number of carboxylic acid groups (broad SMARTS) is 2. The van der Waals surface area contributed by atoms with Gasteiger partial charge in [0.15, 0.2) is 0 Å². The zero-order valence-corrected chi connectivity index (χ0v) is 18.1. The maximum Gasteiger partial charge on any atom is 0.308 e. The van der Waals surface area contributed by atoms with Gasteiger partial charge < -0.3 is 19.8 Å². The number of ether oxygens (including phenoxy) is 1. The third-order valence-corrected chi connectivity index (χ3v) is 5.91. The van der Waals surface area contributed by atoms with Crippen LogP contribution in [0.2, 0.25) is 0 Å². The smallest absolute Gasteiger partial charge is 0.308 e. The van der Waals surface area contributed by atoms with Gasteiger partial charge >= 0.3 is 11.9 Å². The van der Waals surface area contributed by atoms with Gasteiger partial charge in [0.05, 0.1) is 17.8 Å². The number of hydrogen-bond donors (Lipinski definition) is 2. The fraction of sp³-hybridized carbons (Fsp3) is 0.400. The van der Waals surface area contributed by atoms with E-state index in [1.54, 1.807) is 4.90 Å². The molecule has 1 aliphatic rings. The predicted octanol–water partition coefficient (Wildman–Crippen LogP) is 4.42. The van der Waals surface area contributed by atoms with Crippen molar-refractivity contribution in [2.24, 2.45) is 17.8 Å². The Morgan fingerprint density at radius 2 is 1.56 bits per heavy atom. The van der Waals surface area contributed by atoms with Gasteiger partial charge in [-0.2, -0.15) is 0 Å². The van der Waals surface area contributed by atoms with Crippen LogP contribution in [0.15, 0.2) is 54.6 Å². The summed E-state index contributed by atoms with van der Waals surface area (Å²) < 4.78 is 5.80. The molecule has 0 saturated heterocycles. The normalized spacial score (nSPS) is 19.6. The molecule has 170 valence electrons. The van der Waals surface area contributed by atoms with Crippen LogP contribution in [0, 0.1) is 17.8 Å². The molecule has 32 heavy (non-hydrogen) atoms. The fourth-order valence-electron chi connectivity index (χ4n) is 4.07. The summed E-state index contributed by atoms with van der Waals surface area (Å²) in [6, 6.07) is 16.9. The minimum Gasteiger partial charge on any atom is -0.481 e. The second kappa shape index (κ2) is 10.8. The zero-order chi connectivity index (χ0) is 23.1. The predicted molar refractivity (Wildman–Crippen MR) is 118 cm³/mol. The maximum absolute atomic E-state index is 13.2. The Bertz CT molecular complexity index is 927. The highest BCUT2D eigenvalue weighted by molar-refractivity contribution is 5.91. The molecular formula is C25H29NO6. The first kappa shape index (κ1) is 23.3. The summed E-state index contributed by atoms with van der Waals surface area (Å²) in [7, 11) is 0. The highest BCUT2D eigenvalue weighted by Gasteiger charge is 2.54. The van der Waals surface area contributed by atoms with Gasteiger partial charge in [0, 0.05) is 13.1 Å². The lowest BCUT2D eigenvalue weighted by Crippen LogP contribution is -2.53. The molecule has 0 aliphatic heterocycles. The third kappa shape index (κ3) is 5.66. The van der Waals surface area contributed by atoms with E-state index in [-0.39, 0.29) is 12.3 Å². The Hall–Kier alpha value is -3.35. The van der Waals surface area contributed by atoms with Crippen molar-refractivity contribution in [2.45, 2.75) is 39.2 Å². The van der Waals surface area contributed by atoms with E-state index in [9.17, 15) is 24.6 Å². The van der Waals surface area contributed by atoms with Crippen LogP contribution >= 0.6 is 0 Å². The van der Waals surface area contributed by atoms with Crippen molar-refractivity contribution in [1.29, 1.82) is 0 Å². The van der Waals surface area contributed by atoms with Gasteiger partial charge in [0.2, 0.25) is 5.91 Å². The van der Waals surface area contributed by atoms with Gasteiger partial charge in [-0.05, 0) is 42.7 Å². The molecule has 0 spiro atoms. The number of benzene rings is 2. The first-order chi connectivity index (χ1) is 15.4. The van der Waals surface area contributed by atoms with Gasteiger partial charge in [-0.15, -0.1) is 0 Å². The van der Waals surface area contributed by atoms with E-state index < -0.39 is 29.7 Å². The molecule has 3 rings (SSSR count). The summed E-state index contributed by atoms with van der Waals surface area (Å²) in [5.41, 5.74) is 0.899. The topological polar surface area (TPSA) is 104 Å². The summed E-state index contributed by atoms with van der Waals surface area (Å²) in [5.74, 6) is -4.23. The van der Waals surface area contributed by atoms with Crippen LogP contribution in [0.5, 0.6) is 11.5 Å². The molecule has 0 radical (unpaired) electrons. The van der Waals surface area contributed by atoms with Crippen LogP contribution in [0.3, 0.4) is 0 Å². The quantitative estimate of drug-likeness (QED) is 0.502. The summed E-state index contributed by atoms with van der Waals surface area (Å²) in [6.45, 7) is 2.92. The Morgan fingerprint density at radius 1 is 0.906 bits per heavy atom. The number of rotatable bonds is 11. The molecule has 7 nitrogen and oxygen atoms in total. The second-order valence-corrected chi connectivity index (χ2v) is 8.18. The molecule has 1 amide bonds. The second-order valence-electron chi connectivity index (χ2n) is 8.18. The number of unbranched alkanes of at least 4 members (excludes halogenated alkanes) is 2. The van der Waals surface area contributed by atoms with Gasteiger partial charge in [0.1, 0.15) is 11.5 Å². The third-order valence-electron chi connectivity index (χ3n) is 5.91. The molecule has 3 atom stereocenters. The molecule has 1 saturated carbocycles. The Balaban J connectivity index is 1.69. The number of nitrogens with zero attached hydrogens (tertiary/aromatic N) is 1. The lowest BCUT2D eigenvalue weighted by atomic mass is 9.64. The lowest BCUT2D eigenvalue weighted by molar-refractivity contribution is -0.172. The first-order valence-electron chi connectivity index (χ1n) is 11.0. The van der Waals surface area contributed by atoms with E-state index in [4.69, 9.17) is 4.74 Å². The van der Waals surface area contributed by atoms with Gasteiger partial charge in [0.25, 0.3) is 0 Å². The van der Waals surface area contributed by atoms with Crippen molar-refractivity contribution in [2.75, 3.05) is 6.54 Å². The van der Waals surface area contributed by atoms with Crippen LogP contribution in [-0.4, -0.2) is 39.5 Å². The molecule has 2 aromatic rings. The first-order valence-corrected chi connectivity index (χ1v) is 11.0. The van der Waals surface area contributed by atoms with E-state index >= 15 is 0 Å². The fourth-order valence-corrected chi connectivity index (χ4v) is 4.07. The minimum atomic E-state index is -1.22. The zero-order valence-electron chi connectivity index (χ0n) is 18.1. The van der Waals surface area contributed by atoms with Gasteiger partial charge in [-0.1, -0.05) is 50.1 Å². The molecule has 1 fully saturated rings. The van der Waals surface area contributed by atoms with Crippen LogP contribution < -0.4 is 4.74 Å². The number of amides is 1. The summed E-state index contributed by atoms with van der Waals surface area (Å²) in [6.07, 6.45) is 2.83. The molecule has 0 aromatic heterocycles. The van der Waals surface area contributed by atoms with Gasteiger partial charge in [-0.25, -0.2) is 0 Å². The highest BCUT2D eigenvalue weighted by Crippen LogP contribution is 2.42. The lowest BCUT2D eigenvalue weighted by Gasteiger charge is -2.41. The molecule has 0 bridgehead atoms. The molecule has 7 heteroatoms. The molecule has 1 aliphatic carbocycles. The van der Waals surface area contributed by atoms with E-state index in [0.29, 0.717) is 18.8 Å². The SMILES string of the molecule is CCCCCN(Cc1ccc(Oc2ccccc2)cc1)C(=O)C1CC(C(=O)O)C1C(=O)O. The van der Waals surface area contributed by atoms with Crippen molar-refractivity contribution in [3.05, 3.63) is 60.2 Å². The van der Waals surface area contributed by atoms with Crippen LogP contribution in [0.25, 0.3) is 0 Å². The van der Waals surface area contributed by atoms with Crippen molar-refractivity contribution in [1.82, 2.24) is 4.90 Å². The molecular weight excluding hydrogens is 410 g/mol. The average Bonchev–Trinajstić information content (AvgIpc) is 2.73. The van der Waals surface area contributed by atoms with Gasteiger partial charge in [-0.3, -0.25) is 14.4 Å². The van der Waals surface area contributed by atoms with E-state index in [1.165, 1.54) is 0 Å². The van der Waals surface area contributed by atoms with Crippen LogP contribution in [0.4, 0.5) is 0 Å². The van der Waals surface area contributed by atoms with Crippen molar-refractivity contribution in [3.63, 3.8) is 0 Å². The molecule has 0 heterocycles. The number of carboxylic acids is 2. The Labute approximate surface area is 187 Å². The molecule has 3 unspecified atom stereocenters.